The van der Waals surface area contributed by atoms with Crippen LogP contribution in [0.5, 0.6) is 0 Å². The largest absolute Gasteiger partial charge is 0.331 e. The molecule has 21 heavy (non-hydrogen) atoms. The molecule has 114 valence electrons. The van der Waals surface area contributed by atoms with Crippen LogP contribution in [-0.2, 0) is 6.54 Å². The molecule has 4 heteroatoms. The zero-order valence-electron chi connectivity index (χ0n) is 13.4. The minimum atomic E-state index is 0.543. The van der Waals surface area contributed by atoms with Crippen LogP contribution in [0.1, 0.15) is 25.3 Å². The molecule has 3 rings (SSSR count). The molecular formula is C17H26N4. The normalized spacial score (nSPS) is 17.9. The van der Waals surface area contributed by atoms with Gasteiger partial charge >= 0.3 is 0 Å². The average molecular weight is 286 g/mol. The van der Waals surface area contributed by atoms with Gasteiger partial charge in [0.25, 0.3) is 0 Å². The van der Waals surface area contributed by atoms with E-state index in [1.807, 2.05) is 12.3 Å². The summed E-state index contributed by atoms with van der Waals surface area (Å²) in [6, 6.07) is 4.24. The number of pyridine rings is 1. The number of likely N-dealkylation sites (N-methyl/N-ethyl adjacent to an activating group) is 1. The molecule has 0 aromatic carbocycles. The fraction of sp³-hybridized carbons (Fsp3) is 0.588. The molecule has 0 amide bonds. The maximum Gasteiger partial charge on any atom is 0.140 e. The molecule has 0 saturated carbocycles. The van der Waals surface area contributed by atoms with Gasteiger partial charge in [-0.25, -0.2) is 4.98 Å². The lowest BCUT2D eigenvalue weighted by atomic mass is 10.0. The van der Waals surface area contributed by atoms with Gasteiger partial charge < -0.3 is 9.47 Å². The van der Waals surface area contributed by atoms with E-state index in [-0.39, 0.29) is 0 Å². The van der Waals surface area contributed by atoms with E-state index in [1.54, 1.807) is 0 Å². The van der Waals surface area contributed by atoms with Gasteiger partial charge in [0.2, 0.25) is 0 Å². The average Bonchev–Trinajstić information content (AvgIpc) is 2.86. The van der Waals surface area contributed by atoms with Crippen molar-refractivity contribution in [1.29, 1.82) is 0 Å². The van der Waals surface area contributed by atoms with E-state index in [9.17, 15) is 0 Å². The van der Waals surface area contributed by atoms with Gasteiger partial charge in [0, 0.05) is 57.0 Å². The van der Waals surface area contributed by atoms with Crippen molar-refractivity contribution in [3.05, 3.63) is 30.1 Å². The van der Waals surface area contributed by atoms with Crippen molar-refractivity contribution in [2.45, 2.75) is 26.3 Å². The fourth-order valence-electron chi connectivity index (χ4n) is 3.10. The van der Waals surface area contributed by atoms with Crippen molar-refractivity contribution < 1.29 is 0 Å². The lowest BCUT2D eigenvalue weighted by Crippen LogP contribution is -2.45. The SMILES string of the molecule is CC(C)c1cn(CCN2CCN(C)CC2)c2ncccc12. The van der Waals surface area contributed by atoms with E-state index >= 15 is 0 Å². The highest BCUT2D eigenvalue weighted by molar-refractivity contribution is 5.80. The topological polar surface area (TPSA) is 24.3 Å². The fourth-order valence-corrected chi connectivity index (χ4v) is 3.10. The third-order valence-electron chi connectivity index (χ3n) is 4.54. The van der Waals surface area contributed by atoms with Crippen LogP contribution in [0.2, 0.25) is 0 Å². The Morgan fingerprint density at radius 1 is 1.14 bits per heavy atom. The van der Waals surface area contributed by atoms with Crippen molar-refractivity contribution in [2.24, 2.45) is 0 Å². The molecule has 4 nitrogen and oxygen atoms in total. The van der Waals surface area contributed by atoms with Crippen LogP contribution in [-0.4, -0.2) is 59.1 Å². The summed E-state index contributed by atoms with van der Waals surface area (Å²) in [7, 11) is 2.20. The number of hydrogen-bond donors (Lipinski definition) is 0. The van der Waals surface area contributed by atoms with Crippen LogP contribution in [0.4, 0.5) is 0 Å². The Kier molecular flexibility index (Phi) is 4.27. The molecule has 0 unspecified atom stereocenters. The highest BCUT2D eigenvalue weighted by Gasteiger charge is 2.15. The highest BCUT2D eigenvalue weighted by atomic mass is 15.3. The van der Waals surface area contributed by atoms with Crippen LogP contribution in [0, 0.1) is 0 Å². The second-order valence-electron chi connectivity index (χ2n) is 6.45. The van der Waals surface area contributed by atoms with Crippen molar-refractivity contribution in [1.82, 2.24) is 19.4 Å². The Balaban J connectivity index is 1.75. The number of nitrogens with zero attached hydrogens (tertiary/aromatic N) is 4. The summed E-state index contributed by atoms with van der Waals surface area (Å²) in [5, 5.41) is 1.31. The van der Waals surface area contributed by atoms with Gasteiger partial charge in [0.05, 0.1) is 0 Å². The molecule has 3 heterocycles. The minimum absolute atomic E-state index is 0.543. The first kappa shape index (κ1) is 14.5. The Hall–Kier alpha value is -1.39. The lowest BCUT2D eigenvalue weighted by molar-refractivity contribution is 0.150. The highest BCUT2D eigenvalue weighted by Crippen LogP contribution is 2.26. The van der Waals surface area contributed by atoms with Crippen molar-refractivity contribution in [3.63, 3.8) is 0 Å². The number of hydrogen-bond acceptors (Lipinski definition) is 3. The Morgan fingerprint density at radius 2 is 1.90 bits per heavy atom. The van der Waals surface area contributed by atoms with Crippen molar-refractivity contribution in [2.75, 3.05) is 39.8 Å². The van der Waals surface area contributed by atoms with E-state index in [0.29, 0.717) is 5.92 Å². The Morgan fingerprint density at radius 3 is 2.62 bits per heavy atom. The van der Waals surface area contributed by atoms with Crippen LogP contribution < -0.4 is 0 Å². The van der Waals surface area contributed by atoms with Gasteiger partial charge in [-0.05, 0) is 30.7 Å². The molecule has 1 fully saturated rings. The summed E-state index contributed by atoms with van der Waals surface area (Å²) < 4.78 is 2.34. The first-order chi connectivity index (χ1) is 10.1. The van der Waals surface area contributed by atoms with E-state index in [4.69, 9.17) is 0 Å². The number of fused-ring (bicyclic) bond motifs is 1. The summed E-state index contributed by atoms with van der Waals surface area (Å²) in [6.07, 6.45) is 4.21. The second-order valence-corrected chi connectivity index (χ2v) is 6.45. The summed E-state index contributed by atoms with van der Waals surface area (Å²) in [6.45, 7) is 11.4. The summed E-state index contributed by atoms with van der Waals surface area (Å²) in [5.41, 5.74) is 2.55. The van der Waals surface area contributed by atoms with Crippen LogP contribution in [0.3, 0.4) is 0 Å². The molecule has 0 atom stereocenters. The monoisotopic (exact) mass is 286 g/mol. The van der Waals surface area contributed by atoms with Gasteiger partial charge in [0.1, 0.15) is 5.65 Å². The predicted octanol–water partition coefficient (Wildman–Crippen LogP) is 2.41. The zero-order valence-corrected chi connectivity index (χ0v) is 13.4. The molecule has 2 aromatic heterocycles. The van der Waals surface area contributed by atoms with E-state index in [1.165, 1.54) is 37.1 Å². The summed E-state index contributed by atoms with van der Waals surface area (Å²) in [4.78, 5) is 9.56. The van der Waals surface area contributed by atoms with Crippen LogP contribution in [0.15, 0.2) is 24.5 Å². The Labute approximate surface area is 127 Å². The first-order valence-electron chi connectivity index (χ1n) is 8.00. The number of aromatic nitrogens is 2. The molecule has 0 radical (unpaired) electrons. The molecule has 0 spiro atoms. The van der Waals surface area contributed by atoms with Gasteiger partial charge in [-0.2, -0.15) is 0 Å². The molecule has 0 aliphatic carbocycles. The van der Waals surface area contributed by atoms with E-state index < -0.39 is 0 Å². The molecule has 0 N–H and O–H groups in total. The van der Waals surface area contributed by atoms with Gasteiger partial charge in [-0.3, -0.25) is 4.90 Å². The maximum atomic E-state index is 4.60. The minimum Gasteiger partial charge on any atom is -0.331 e. The summed E-state index contributed by atoms with van der Waals surface area (Å²) in [5.74, 6) is 0.543. The Bertz CT molecular complexity index is 594. The number of rotatable bonds is 4. The molecule has 0 bridgehead atoms. The molecule has 1 aliphatic rings. The first-order valence-corrected chi connectivity index (χ1v) is 8.00. The molecule has 1 saturated heterocycles. The second kappa shape index (κ2) is 6.16. The van der Waals surface area contributed by atoms with E-state index in [2.05, 4.69) is 52.5 Å². The van der Waals surface area contributed by atoms with Gasteiger partial charge in [-0.1, -0.05) is 13.8 Å². The van der Waals surface area contributed by atoms with Crippen LogP contribution >= 0.6 is 0 Å². The third kappa shape index (κ3) is 3.11. The quantitative estimate of drug-likeness (QED) is 0.862. The molecular weight excluding hydrogens is 260 g/mol. The molecule has 1 aliphatic heterocycles. The smallest absolute Gasteiger partial charge is 0.140 e. The van der Waals surface area contributed by atoms with Gasteiger partial charge in [-0.15, -0.1) is 0 Å². The van der Waals surface area contributed by atoms with E-state index in [0.717, 1.165) is 18.7 Å². The van der Waals surface area contributed by atoms with Crippen molar-refractivity contribution in [3.8, 4) is 0 Å². The lowest BCUT2D eigenvalue weighted by Gasteiger charge is -2.32. The zero-order chi connectivity index (χ0) is 14.8. The number of piperazine rings is 1. The maximum absolute atomic E-state index is 4.60. The third-order valence-corrected chi connectivity index (χ3v) is 4.54. The van der Waals surface area contributed by atoms with Crippen LogP contribution in [0.25, 0.3) is 11.0 Å². The summed E-state index contributed by atoms with van der Waals surface area (Å²) >= 11 is 0. The van der Waals surface area contributed by atoms with Gasteiger partial charge in [0.15, 0.2) is 0 Å². The van der Waals surface area contributed by atoms with Crippen molar-refractivity contribution >= 4 is 11.0 Å². The predicted molar refractivity (Wildman–Crippen MR) is 87.8 cm³/mol. The molecule has 2 aromatic rings. The standard InChI is InChI=1S/C17H26N4/c1-14(2)16-13-21(17-15(16)5-4-6-18-17)12-11-20-9-7-19(3)8-10-20/h4-6,13-14H,7-12H2,1-3H3.